The molecule has 0 unspecified atom stereocenters. The van der Waals surface area contributed by atoms with Crippen LogP contribution in [0.1, 0.15) is 0 Å². The first-order chi connectivity index (χ1) is 29.8. The number of anilines is 3. The van der Waals surface area contributed by atoms with Gasteiger partial charge in [0.1, 0.15) is 11.2 Å². The molecule has 0 aliphatic carbocycles. The first-order valence-electron chi connectivity index (χ1n) is 20.4. The first-order valence-corrected chi connectivity index (χ1v) is 21.2. The molecule has 13 rings (SSSR count). The van der Waals surface area contributed by atoms with Crippen LogP contribution in [0.15, 0.2) is 211 Å². The van der Waals surface area contributed by atoms with E-state index in [1.807, 2.05) is 11.3 Å². The Morgan fingerprint density at radius 1 is 0.433 bits per heavy atom. The van der Waals surface area contributed by atoms with Gasteiger partial charge in [-0.15, -0.1) is 11.3 Å². The van der Waals surface area contributed by atoms with Gasteiger partial charge >= 0.3 is 0 Å². The Balaban J connectivity index is 1.24. The van der Waals surface area contributed by atoms with E-state index < -0.39 is 0 Å². The maximum absolute atomic E-state index is 6.89. The van der Waals surface area contributed by atoms with E-state index in [9.17, 15) is 0 Å². The average Bonchev–Trinajstić information content (AvgIpc) is 3.99. The molecule has 0 radical (unpaired) electrons. The van der Waals surface area contributed by atoms with Gasteiger partial charge in [0.15, 0.2) is 0 Å². The summed E-state index contributed by atoms with van der Waals surface area (Å²) in [5.74, 6) is 0. The molecule has 0 spiro atoms. The number of rotatable bonds is 5. The van der Waals surface area contributed by atoms with Crippen molar-refractivity contribution < 1.29 is 4.42 Å². The molecule has 0 bridgehead atoms. The van der Waals surface area contributed by atoms with E-state index in [4.69, 9.17) is 4.42 Å². The van der Waals surface area contributed by atoms with Crippen molar-refractivity contribution >= 4 is 114 Å². The molecule has 3 heterocycles. The molecule has 0 aliphatic heterocycles. The van der Waals surface area contributed by atoms with E-state index in [-0.39, 0.29) is 0 Å². The lowest BCUT2D eigenvalue weighted by molar-refractivity contribution is 0.669. The number of thiophene rings is 1. The fraction of sp³-hybridized carbons (Fsp3) is 0. The van der Waals surface area contributed by atoms with Gasteiger partial charge in [0.05, 0.1) is 32.5 Å². The zero-order chi connectivity index (χ0) is 39.3. The number of para-hydroxylation sites is 3. The van der Waals surface area contributed by atoms with Crippen molar-refractivity contribution in [3.8, 4) is 16.8 Å². The molecule has 0 saturated heterocycles. The number of hydrogen-bond acceptors (Lipinski definition) is 3. The summed E-state index contributed by atoms with van der Waals surface area (Å²) in [6.45, 7) is 0. The molecule has 10 aromatic carbocycles. The quantitative estimate of drug-likeness (QED) is 0.162. The van der Waals surface area contributed by atoms with Crippen molar-refractivity contribution in [3.63, 3.8) is 0 Å². The van der Waals surface area contributed by atoms with Crippen LogP contribution in [-0.2, 0) is 0 Å². The molecule has 3 aromatic heterocycles. The van der Waals surface area contributed by atoms with Gasteiger partial charge in [0.25, 0.3) is 0 Å². The molecular formula is C56H34N2OS. The number of aromatic nitrogens is 1. The van der Waals surface area contributed by atoms with E-state index in [2.05, 4.69) is 216 Å². The summed E-state index contributed by atoms with van der Waals surface area (Å²) in [6.07, 6.45) is 0. The monoisotopic (exact) mass is 782 g/mol. The minimum absolute atomic E-state index is 0.851. The fourth-order valence-electron chi connectivity index (χ4n) is 9.77. The van der Waals surface area contributed by atoms with Crippen LogP contribution < -0.4 is 4.90 Å². The summed E-state index contributed by atoms with van der Waals surface area (Å²) in [7, 11) is 0. The molecule has 0 fully saturated rings. The standard InChI is InChI=1S/C56H34N2OS/c1-3-17-37(18-4-1)57-47-31-30-36(45-32-35-16-7-8-21-39(35)40-22-9-10-23-41(40)45)33-46(47)53-49(57)34-51-54(44-25-11-13-28-50(44)59-51)55(53)58(38-19-5-2-6-20-38)48-27-15-26-43-42-24-12-14-29-52(42)60-56(43)48/h1-34H. The molecule has 0 atom stereocenters. The van der Waals surface area contributed by atoms with Crippen LogP contribution in [0, 0.1) is 0 Å². The van der Waals surface area contributed by atoms with Gasteiger partial charge in [-0.3, -0.25) is 0 Å². The van der Waals surface area contributed by atoms with Crippen LogP contribution in [0.25, 0.3) is 102 Å². The van der Waals surface area contributed by atoms with Gasteiger partial charge in [-0.2, -0.15) is 0 Å². The number of nitrogens with zero attached hydrogens (tertiary/aromatic N) is 2. The number of benzene rings is 10. The van der Waals surface area contributed by atoms with Gasteiger partial charge < -0.3 is 13.9 Å². The Labute approximate surface area is 349 Å². The van der Waals surface area contributed by atoms with Crippen molar-refractivity contribution in [2.75, 3.05) is 4.90 Å². The zero-order valence-electron chi connectivity index (χ0n) is 32.3. The fourth-order valence-corrected chi connectivity index (χ4v) is 11.0. The number of furan rings is 1. The molecule has 60 heavy (non-hydrogen) atoms. The molecule has 0 saturated carbocycles. The largest absolute Gasteiger partial charge is 0.456 e. The van der Waals surface area contributed by atoms with Gasteiger partial charge in [-0.1, -0.05) is 140 Å². The second kappa shape index (κ2) is 12.9. The highest BCUT2D eigenvalue weighted by Crippen LogP contribution is 2.53. The lowest BCUT2D eigenvalue weighted by atomic mass is 9.92. The summed E-state index contributed by atoms with van der Waals surface area (Å²) in [4.78, 5) is 2.51. The lowest BCUT2D eigenvalue weighted by Crippen LogP contribution is -2.11. The van der Waals surface area contributed by atoms with Crippen LogP contribution in [-0.4, -0.2) is 4.57 Å². The van der Waals surface area contributed by atoms with Crippen LogP contribution in [0.4, 0.5) is 17.1 Å². The van der Waals surface area contributed by atoms with Crippen molar-refractivity contribution in [3.05, 3.63) is 206 Å². The summed E-state index contributed by atoms with van der Waals surface area (Å²) in [5.41, 5.74) is 10.8. The lowest BCUT2D eigenvalue weighted by Gasteiger charge is -2.28. The SMILES string of the molecule is c1ccc(N(c2cccc3c2sc2ccccc23)c2c3c(cc4c2c2cc(-c5cc6ccccc6c6ccccc56)ccc2n4-c2ccccc2)oc2ccccc23)cc1. The van der Waals surface area contributed by atoms with Crippen LogP contribution in [0.3, 0.4) is 0 Å². The Bertz CT molecular complexity index is 3840. The van der Waals surface area contributed by atoms with Gasteiger partial charge in [0, 0.05) is 49.1 Å². The molecular weight excluding hydrogens is 749 g/mol. The van der Waals surface area contributed by atoms with Crippen LogP contribution in [0.2, 0.25) is 0 Å². The highest BCUT2D eigenvalue weighted by molar-refractivity contribution is 7.26. The Morgan fingerprint density at radius 3 is 1.97 bits per heavy atom. The summed E-state index contributed by atoms with van der Waals surface area (Å²) < 4.78 is 11.8. The highest BCUT2D eigenvalue weighted by atomic mass is 32.1. The molecule has 0 amide bonds. The summed E-state index contributed by atoms with van der Waals surface area (Å²) in [5, 5.41) is 12.1. The van der Waals surface area contributed by atoms with Crippen molar-refractivity contribution in [1.29, 1.82) is 0 Å². The molecule has 0 N–H and O–H groups in total. The van der Waals surface area contributed by atoms with Gasteiger partial charge in [0.2, 0.25) is 0 Å². The van der Waals surface area contributed by atoms with Crippen molar-refractivity contribution in [1.82, 2.24) is 4.57 Å². The van der Waals surface area contributed by atoms with E-state index >= 15 is 0 Å². The minimum Gasteiger partial charge on any atom is -0.456 e. The van der Waals surface area contributed by atoms with E-state index in [0.29, 0.717) is 0 Å². The minimum atomic E-state index is 0.851. The third-order valence-corrected chi connectivity index (χ3v) is 13.5. The molecule has 3 nitrogen and oxygen atoms in total. The van der Waals surface area contributed by atoms with Crippen LogP contribution in [0.5, 0.6) is 0 Å². The maximum atomic E-state index is 6.89. The summed E-state index contributed by atoms with van der Waals surface area (Å²) in [6, 6.07) is 75.0. The van der Waals surface area contributed by atoms with Crippen molar-refractivity contribution in [2.24, 2.45) is 0 Å². The predicted molar refractivity (Wildman–Crippen MR) is 256 cm³/mol. The van der Waals surface area contributed by atoms with Gasteiger partial charge in [-0.05, 0) is 93.3 Å². The second-order valence-corrected chi connectivity index (χ2v) is 16.7. The normalized spacial score (nSPS) is 12.0. The Morgan fingerprint density at radius 2 is 1.12 bits per heavy atom. The number of hydrogen-bond donors (Lipinski definition) is 0. The average molecular weight is 783 g/mol. The first kappa shape index (κ1) is 33.3. The summed E-state index contributed by atoms with van der Waals surface area (Å²) >= 11 is 1.86. The van der Waals surface area contributed by atoms with E-state index in [1.54, 1.807) is 0 Å². The molecule has 280 valence electrons. The van der Waals surface area contributed by atoms with Crippen LogP contribution >= 0.6 is 11.3 Å². The molecule has 13 aromatic rings. The van der Waals surface area contributed by atoms with E-state index in [1.165, 1.54) is 63.6 Å². The second-order valence-electron chi connectivity index (χ2n) is 15.6. The van der Waals surface area contributed by atoms with Gasteiger partial charge in [-0.25, -0.2) is 0 Å². The smallest absolute Gasteiger partial charge is 0.139 e. The third kappa shape index (κ3) is 4.83. The zero-order valence-corrected chi connectivity index (χ0v) is 33.2. The maximum Gasteiger partial charge on any atom is 0.139 e. The topological polar surface area (TPSA) is 21.3 Å². The Kier molecular flexibility index (Phi) is 7.18. The third-order valence-electron chi connectivity index (χ3n) is 12.3. The molecule has 0 aliphatic rings. The Hall–Kier alpha value is -7.66. The van der Waals surface area contributed by atoms with Crippen molar-refractivity contribution in [2.45, 2.75) is 0 Å². The van der Waals surface area contributed by atoms with E-state index in [0.717, 1.165) is 55.7 Å². The number of fused-ring (bicyclic) bond motifs is 12. The molecule has 4 heteroatoms. The highest BCUT2D eigenvalue weighted by Gasteiger charge is 2.28. The predicted octanol–water partition coefficient (Wildman–Crippen LogP) is 16.5.